The molecule has 0 fully saturated rings. The number of alkyl halides is 1. The summed E-state index contributed by atoms with van der Waals surface area (Å²) in [6.45, 7) is 7.39. The topological polar surface area (TPSA) is 37.8 Å². The number of anilines is 1. The monoisotopic (exact) mass is 297 g/mol. The number of halogens is 1. The van der Waals surface area contributed by atoms with E-state index in [-0.39, 0.29) is 0 Å². The number of hydrogen-bond acceptors (Lipinski definition) is 4. The fraction of sp³-hybridized carbons (Fsp3) is 0.571. The molecule has 0 aliphatic carbocycles. The smallest absolute Gasteiger partial charge is 0.138 e. The van der Waals surface area contributed by atoms with Crippen LogP contribution >= 0.6 is 22.9 Å². The molecule has 0 aliphatic heterocycles. The summed E-state index contributed by atoms with van der Waals surface area (Å²) in [5, 5.41) is 4.65. The third-order valence-electron chi connectivity index (χ3n) is 3.62. The van der Waals surface area contributed by atoms with Gasteiger partial charge in [-0.3, -0.25) is 0 Å². The zero-order valence-corrected chi connectivity index (χ0v) is 13.2. The highest BCUT2D eigenvalue weighted by Crippen LogP contribution is 2.32. The lowest BCUT2D eigenvalue weighted by molar-refractivity contribution is 0.521. The average Bonchev–Trinajstić information content (AvgIpc) is 2.71. The van der Waals surface area contributed by atoms with Gasteiger partial charge in [-0.25, -0.2) is 9.97 Å². The van der Waals surface area contributed by atoms with Crippen molar-refractivity contribution in [2.45, 2.75) is 33.6 Å². The first-order valence-corrected chi connectivity index (χ1v) is 8.03. The van der Waals surface area contributed by atoms with Gasteiger partial charge in [0.2, 0.25) is 0 Å². The van der Waals surface area contributed by atoms with Gasteiger partial charge < -0.3 is 5.32 Å². The molecule has 1 unspecified atom stereocenters. The first kappa shape index (κ1) is 14.5. The highest BCUT2D eigenvalue weighted by atomic mass is 35.5. The van der Waals surface area contributed by atoms with Gasteiger partial charge in [-0.1, -0.05) is 13.3 Å². The van der Waals surface area contributed by atoms with Crippen LogP contribution in [0.4, 0.5) is 5.82 Å². The predicted molar refractivity (Wildman–Crippen MR) is 84.5 cm³/mol. The molecule has 0 radical (unpaired) electrons. The van der Waals surface area contributed by atoms with Crippen LogP contribution in [0.15, 0.2) is 6.33 Å². The standard InChI is InChI=1S/C14H20ClN3S/c1-4-11(5-6-15)7-16-13-12-9(2)10(3)19-14(12)18-8-17-13/h8,11H,4-7H2,1-3H3,(H,16,17,18). The minimum atomic E-state index is 0.600. The summed E-state index contributed by atoms with van der Waals surface area (Å²) in [4.78, 5) is 11.1. The van der Waals surface area contributed by atoms with Crippen LogP contribution in [-0.4, -0.2) is 22.4 Å². The summed E-state index contributed by atoms with van der Waals surface area (Å²) in [6.07, 6.45) is 3.82. The van der Waals surface area contributed by atoms with E-state index in [4.69, 9.17) is 11.6 Å². The van der Waals surface area contributed by atoms with Crippen molar-refractivity contribution < 1.29 is 0 Å². The maximum absolute atomic E-state index is 5.83. The number of aromatic nitrogens is 2. The predicted octanol–water partition coefficient (Wildman–Crippen LogP) is 4.38. The molecule has 0 bridgehead atoms. The van der Waals surface area contributed by atoms with E-state index < -0.39 is 0 Å². The quantitative estimate of drug-likeness (QED) is 0.804. The number of aryl methyl sites for hydroxylation is 2. The van der Waals surface area contributed by atoms with Crippen LogP contribution in [0.25, 0.3) is 10.2 Å². The highest BCUT2D eigenvalue weighted by molar-refractivity contribution is 7.18. The van der Waals surface area contributed by atoms with Crippen molar-refractivity contribution in [3.05, 3.63) is 16.8 Å². The average molecular weight is 298 g/mol. The SMILES string of the molecule is CCC(CCCl)CNc1ncnc2sc(C)c(C)c12. The van der Waals surface area contributed by atoms with Gasteiger partial charge in [0.05, 0.1) is 5.39 Å². The van der Waals surface area contributed by atoms with Crippen molar-refractivity contribution in [2.75, 3.05) is 17.7 Å². The fourth-order valence-electron chi connectivity index (χ4n) is 2.16. The Hall–Kier alpha value is -0.870. The summed E-state index contributed by atoms with van der Waals surface area (Å²) in [6, 6.07) is 0. The molecule has 0 amide bonds. The van der Waals surface area contributed by atoms with Gasteiger partial charge >= 0.3 is 0 Å². The Bertz CT molecular complexity index is 553. The lowest BCUT2D eigenvalue weighted by Gasteiger charge is -2.15. The number of fused-ring (bicyclic) bond motifs is 1. The van der Waals surface area contributed by atoms with E-state index in [1.807, 2.05) is 0 Å². The lowest BCUT2D eigenvalue weighted by atomic mass is 10.0. The molecule has 0 saturated carbocycles. The summed E-state index contributed by atoms with van der Waals surface area (Å²) < 4.78 is 0. The molecule has 104 valence electrons. The molecule has 2 heterocycles. The normalized spacial score (nSPS) is 12.8. The van der Waals surface area contributed by atoms with E-state index in [2.05, 4.69) is 36.1 Å². The van der Waals surface area contributed by atoms with Crippen LogP contribution in [0, 0.1) is 19.8 Å². The van der Waals surface area contributed by atoms with Crippen LogP contribution in [0.5, 0.6) is 0 Å². The number of hydrogen-bond donors (Lipinski definition) is 1. The van der Waals surface area contributed by atoms with Crippen molar-refractivity contribution in [2.24, 2.45) is 5.92 Å². The Balaban J connectivity index is 2.20. The second-order valence-corrected chi connectivity index (χ2v) is 6.40. The minimum absolute atomic E-state index is 0.600. The summed E-state index contributed by atoms with van der Waals surface area (Å²) in [5.41, 5.74) is 1.29. The van der Waals surface area contributed by atoms with Gasteiger partial charge in [-0.2, -0.15) is 0 Å². The van der Waals surface area contributed by atoms with Crippen molar-refractivity contribution in [3.63, 3.8) is 0 Å². The molecule has 1 atom stereocenters. The van der Waals surface area contributed by atoms with E-state index in [0.29, 0.717) is 5.92 Å². The van der Waals surface area contributed by atoms with E-state index in [9.17, 15) is 0 Å². The molecule has 3 nitrogen and oxygen atoms in total. The molecular weight excluding hydrogens is 278 g/mol. The van der Waals surface area contributed by atoms with Crippen LogP contribution in [0.2, 0.25) is 0 Å². The molecule has 2 aromatic rings. The van der Waals surface area contributed by atoms with Crippen molar-refractivity contribution in [1.29, 1.82) is 0 Å². The zero-order valence-electron chi connectivity index (χ0n) is 11.7. The van der Waals surface area contributed by atoms with Crippen LogP contribution < -0.4 is 5.32 Å². The van der Waals surface area contributed by atoms with Gasteiger partial charge in [-0.15, -0.1) is 22.9 Å². The second-order valence-electron chi connectivity index (χ2n) is 4.82. The number of nitrogens with one attached hydrogen (secondary N) is 1. The Kier molecular flexibility index (Phi) is 4.99. The number of rotatable bonds is 6. The molecule has 1 N–H and O–H groups in total. The molecule has 0 aliphatic rings. The number of nitrogens with zero attached hydrogens (tertiary/aromatic N) is 2. The second kappa shape index (κ2) is 6.53. The van der Waals surface area contributed by atoms with Crippen molar-refractivity contribution in [1.82, 2.24) is 9.97 Å². The fourth-order valence-corrected chi connectivity index (χ4v) is 3.47. The molecule has 2 aromatic heterocycles. The molecular formula is C14H20ClN3S. The summed E-state index contributed by atoms with van der Waals surface area (Å²) in [7, 11) is 0. The maximum Gasteiger partial charge on any atom is 0.138 e. The Morgan fingerprint density at radius 3 is 2.84 bits per heavy atom. The van der Waals surface area contributed by atoms with Gasteiger partial charge in [0.15, 0.2) is 0 Å². The Labute approximate surface area is 123 Å². The first-order chi connectivity index (χ1) is 9.17. The molecule has 5 heteroatoms. The first-order valence-electron chi connectivity index (χ1n) is 6.67. The largest absolute Gasteiger partial charge is 0.369 e. The molecule has 0 aromatic carbocycles. The van der Waals surface area contributed by atoms with E-state index in [1.165, 1.54) is 15.8 Å². The van der Waals surface area contributed by atoms with E-state index in [1.54, 1.807) is 17.7 Å². The molecule has 2 rings (SSSR count). The lowest BCUT2D eigenvalue weighted by Crippen LogP contribution is -2.15. The third kappa shape index (κ3) is 3.18. The van der Waals surface area contributed by atoms with E-state index >= 15 is 0 Å². The zero-order chi connectivity index (χ0) is 13.8. The van der Waals surface area contributed by atoms with Crippen molar-refractivity contribution >= 4 is 39.0 Å². The van der Waals surface area contributed by atoms with Crippen LogP contribution in [-0.2, 0) is 0 Å². The highest BCUT2D eigenvalue weighted by Gasteiger charge is 2.13. The molecule has 0 saturated heterocycles. The van der Waals surface area contributed by atoms with Crippen molar-refractivity contribution in [3.8, 4) is 0 Å². The Morgan fingerprint density at radius 2 is 2.16 bits per heavy atom. The third-order valence-corrected chi connectivity index (χ3v) is 4.95. The number of thiophene rings is 1. The summed E-state index contributed by atoms with van der Waals surface area (Å²) >= 11 is 7.56. The minimum Gasteiger partial charge on any atom is -0.369 e. The van der Waals surface area contributed by atoms with Gasteiger partial charge in [-0.05, 0) is 31.7 Å². The van der Waals surface area contributed by atoms with Gasteiger partial charge in [0.25, 0.3) is 0 Å². The molecule has 0 spiro atoms. The maximum atomic E-state index is 5.83. The Morgan fingerprint density at radius 1 is 1.37 bits per heavy atom. The van der Waals surface area contributed by atoms with Crippen LogP contribution in [0.3, 0.4) is 0 Å². The molecule has 19 heavy (non-hydrogen) atoms. The van der Waals surface area contributed by atoms with Gasteiger partial charge in [0.1, 0.15) is 17.0 Å². The van der Waals surface area contributed by atoms with Gasteiger partial charge in [0, 0.05) is 17.3 Å². The van der Waals surface area contributed by atoms with Crippen LogP contribution in [0.1, 0.15) is 30.2 Å². The summed E-state index contributed by atoms with van der Waals surface area (Å²) in [5.74, 6) is 2.28. The van der Waals surface area contributed by atoms with E-state index in [0.717, 1.165) is 35.9 Å².